The van der Waals surface area contributed by atoms with Crippen molar-refractivity contribution in [1.29, 1.82) is 0 Å². The molecule has 0 aliphatic rings. The van der Waals surface area contributed by atoms with E-state index in [4.69, 9.17) is 13.9 Å². The Balaban J connectivity index is 1.74. The SMILES string of the molecule is C[C@H](NC(O)c1ncc(-c2cn(C(=O)OC(C)(C)C)c3ncc(N(CCO[Si](C)(C)C(C)(C)C)C(=O)OC(C)(C)C)cc23)cn1)c1ccccc1. The number of amides is 1. The molecule has 1 amide bonds. The van der Waals surface area contributed by atoms with E-state index >= 15 is 0 Å². The summed E-state index contributed by atoms with van der Waals surface area (Å²) in [6, 6.07) is 11.4. The standard InChI is InChI=1S/C38H54N6O6Si/c1-25(26-16-14-13-15-17-26)42-33(45)31-39-21-27(22-40-31)30-24-44(35(47)50-37(5,6)7)32-29(30)20-28(23-41-32)43(34(46)49-36(2,3)4)18-19-48-51(11,12)38(8,9)10/h13-17,20-25,33,42,45H,18-19H2,1-12H3/t25-,33?/m0/s1. The third-order valence-corrected chi connectivity index (χ3v) is 13.2. The van der Waals surface area contributed by atoms with Crippen molar-refractivity contribution in [3.63, 3.8) is 0 Å². The number of aromatic nitrogens is 4. The van der Waals surface area contributed by atoms with Crippen LogP contribution in [0, 0.1) is 0 Å². The van der Waals surface area contributed by atoms with Gasteiger partial charge in [-0.3, -0.25) is 10.2 Å². The largest absolute Gasteiger partial charge is 0.443 e. The van der Waals surface area contributed by atoms with E-state index in [-0.39, 0.29) is 23.4 Å². The van der Waals surface area contributed by atoms with Crippen LogP contribution in [-0.4, -0.2) is 69.5 Å². The molecule has 4 rings (SSSR count). The number of anilines is 1. The third kappa shape index (κ3) is 10.2. The van der Waals surface area contributed by atoms with Crippen LogP contribution in [0.1, 0.15) is 92.9 Å². The number of hydrogen-bond donors (Lipinski definition) is 2. The lowest BCUT2D eigenvalue weighted by Crippen LogP contribution is -2.44. The van der Waals surface area contributed by atoms with Crippen molar-refractivity contribution >= 4 is 37.2 Å². The lowest BCUT2D eigenvalue weighted by atomic mass is 10.1. The first-order chi connectivity index (χ1) is 23.6. The summed E-state index contributed by atoms with van der Waals surface area (Å²) in [6.07, 6.45) is 4.05. The van der Waals surface area contributed by atoms with Gasteiger partial charge in [-0.1, -0.05) is 51.1 Å². The van der Waals surface area contributed by atoms with Crippen molar-refractivity contribution in [2.75, 3.05) is 18.1 Å². The highest BCUT2D eigenvalue weighted by Gasteiger charge is 2.37. The molecule has 0 aliphatic heterocycles. The Morgan fingerprint density at radius 3 is 2.10 bits per heavy atom. The summed E-state index contributed by atoms with van der Waals surface area (Å²) in [7, 11) is -2.10. The Morgan fingerprint density at radius 1 is 0.922 bits per heavy atom. The first kappa shape index (κ1) is 39.6. The molecule has 276 valence electrons. The Labute approximate surface area is 302 Å². The molecule has 2 atom stereocenters. The van der Waals surface area contributed by atoms with Crippen molar-refractivity contribution in [3.05, 3.63) is 72.6 Å². The van der Waals surface area contributed by atoms with Gasteiger partial charge in [0, 0.05) is 41.1 Å². The van der Waals surface area contributed by atoms with E-state index in [2.05, 4.69) is 54.1 Å². The number of hydrogen-bond acceptors (Lipinski definition) is 10. The van der Waals surface area contributed by atoms with Gasteiger partial charge in [0.25, 0.3) is 0 Å². The number of aliphatic hydroxyl groups excluding tert-OH is 1. The average molecular weight is 719 g/mol. The van der Waals surface area contributed by atoms with E-state index in [9.17, 15) is 14.7 Å². The van der Waals surface area contributed by atoms with Gasteiger partial charge < -0.3 is 19.0 Å². The van der Waals surface area contributed by atoms with Crippen molar-refractivity contribution in [1.82, 2.24) is 24.8 Å². The quantitative estimate of drug-likeness (QED) is 0.121. The maximum absolute atomic E-state index is 13.6. The van der Waals surface area contributed by atoms with Gasteiger partial charge in [-0.05, 0) is 78.2 Å². The fraction of sp³-hybridized carbons (Fsp3) is 0.500. The number of rotatable bonds is 10. The molecule has 12 nitrogen and oxygen atoms in total. The molecular weight excluding hydrogens is 665 g/mol. The molecule has 1 aromatic carbocycles. The topological polar surface area (TPSA) is 141 Å². The summed E-state index contributed by atoms with van der Waals surface area (Å²) < 4.78 is 19.3. The second-order valence-electron chi connectivity index (χ2n) is 16.2. The van der Waals surface area contributed by atoms with Crippen LogP contribution >= 0.6 is 0 Å². The van der Waals surface area contributed by atoms with Gasteiger partial charge in [-0.25, -0.2) is 29.1 Å². The minimum atomic E-state index is -2.10. The Bertz CT molecular complexity index is 1810. The molecule has 13 heteroatoms. The van der Waals surface area contributed by atoms with E-state index in [1.54, 1.807) is 51.6 Å². The van der Waals surface area contributed by atoms with Gasteiger partial charge in [-0.15, -0.1) is 0 Å². The van der Waals surface area contributed by atoms with Crippen LogP contribution in [-0.2, 0) is 13.9 Å². The van der Waals surface area contributed by atoms with Gasteiger partial charge in [-0.2, -0.15) is 0 Å². The number of carbonyl (C=O) groups excluding carboxylic acids is 2. The van der Waals surface area contributed by atoms with Crippen molar-refractivity contribution < 1.29 is 28.6 Å². The zero-order chi connectivity index (χ0) is 37.9. The maximum atomic E-state index is 13.6. The predicted molar refractivity (Wildman–Crippen MR) is 202 cm³/mol. The van der Waals surface area contributed by atoms with Gasteiger partial charge in [0.15, 0.2) is 20.4 Å². The van der Waals surface area contributed by atoms with E-state index in [0.717, 1.165) is 5.56 Å². The van der Waals surface area contributed by atoms with Crippen LogP contribution in [0.25, 0.3) is 22.2 Å². The Kier molecular flexibility index (Phi) is 11.8. The molecule has 1 unspecified atom stereocenters. The molecule has 0 fully saturated rings. The van der Waals surface area contributed by atoms with Gasteiger partial charge in [0.05, 0.1) is 25.0 Å². The Hall–Kier alpha value is -4.17. The molecule has 0 bridgehead atoms. The van der Waals surface area contributed by atoms with Gasteiger partial charge >= 0.3 is 12.2 Å². The minimum absolute atomic E-state index is 0.00639. The first-order valence-corrected chi connectivity index (χ1v) is 20.2. The molecule has 0 spiro atoms. The first-order valence-electron chi connectivity index (χ1n) is 17.3. The highest BCUT2D eigenvalue weighted by Crippen LogP contribution is 2.37. The second-order valence-corrected chi connectivity index (χ2v) is 21.0. The van der Waals surface area contributed by atoms with Crippen LogP contribution in [0.5, 0.6) is 0 Å². The van der Waals surface area contributed by atoms with Gasteiger partial charge in [0.2, 0.25) is 0 Å². The lowest BCUT2D eigenvalue weighted by molar-refractivity contribution is 0.0539. The van der Waals surface area contributed by atoms with Gasteiger partial charge in [0.1, 0.15) is 16.8 Å². The number of benzene rings is 1. The third-order valence-electron chi connectivity index (χ3n) is 8.66. The second kappa shape index (κ2) is 15.2. The van der Waals surface area contributed by atoms with Crippen LogP contribution in [0.15, 0.2) is 61.2 Å². The summed E-state index contributed by atoms with van der Waals surface area (Å²) in [5.74, 6) is 0.189. The molecule has 4 aromatic rings. The normalized spacial score (nSPS) is 13.9. The van der Waals surface area contributed by atoms with Crippen LogP contribution in [0.3, 0.4) is 0 Å². The molecular formula is C38H54N6O6Si. The fourth-order valence-electron chi connectivity index (χ4n) is 4.94. The highest BCUT2D eigenvalue weighted by atomic mass is 28.4. The van der Waals surface area contributed by atoms with E-state index in [1.807, 2.05) is 58.0 Å². The number of ether oxygens (including phenoxy) is 2. The van der Waals surface area contributed by atoms with Crippen molar-refractivity contribution in [2.24, 2.45) is 0 Å². The zero-order valence-corrected chi connectivity index (χ0v) is 33.1. The number of pyridine rings is 1. The van der Waals surface area contributed by atoms with E-state index in [0.29, 0.717) is 34.5 Å². The molecule has 3 aromatic heterocycles. The Morgan fingerprint density at radius 2 is 1.53 bits per heavy atom. The summed E-state index contributed by atoms with van der Waals surface area (Å²) in [6.45, 7) is 24.1. The number of nitrogens with one attached hydrogen (secondary N) is 1. The summed E-state index contributed by atoms with van der Waals surface area (Å²) in [5, 5.41) is 14.6. The zero-order valence-electron chi connectivity index (χ0n) is 32.1. The smallest absolute Gasteiger partial charge is 0.420 e. The van der Waals surface area contributed by atoms with E-state index < -0.39 is 37.9 Å². The summed E-state index contributed by atoms with van der Waals surface area (Å²) >= 11 is 0. The van der Waals surface area contributed by atoms with Crippen LogP contribution in [0.2, 0.25) is 18.1 Å². The highest BCUT2D eigenvalue weighted by molar-refractivity contribution is 6.74. The van der Waals surface area contributed by atoms with Crippen molar-refractivity contribution in [3.8, 4) is 11.1 Å². The predicted octanol–water partition coefficient (Wildman–Crippen LogP) is 8.38. The minimum Gasteiger partial charge on any atom is -0.443 e. The maximum Gasteiger partial charge on any atom is 0.420 e. The summed E-state index contributed by atoms with van der Waals surface area (Å²) in [5.41, 5.74) is 1.46. The number of aliphatic hydroxyl groups is 1. The van der Waals surface area contributed by atoms with Crippen molar-refractivity contribution in [2.45, 2.75) is 111 Å². The van der Waals surface area contributed by atoms with Crippen LogP contribution in [0.4, 0.5) is 15.3 Å². The molecule has 0 aliphatic carbocycles. The average Bonchev–Trinajstić information content (AvgIpc) is 3.40. The molecule has 3 heterocycles. The van der Waals surface area contributed by atoms with Crippen LogP contribution < -0.4 is 10.2 Å². The lowest BCUT2D eigenvalue weighted by Gasteiger charge is -2.37. The molecule has 51 heavy (non-hydrogen) atoms. The fourth-order valence-corrected chi connectivity index (χ4v) is 5.98. The number of nitrogens with zero attached hydrogens (tertiary/aromatic N) is 5. The monoisotopic (exact) mass is 718 g/mol. The molecule has 2 N–H and O–H groups in total. The molecule has 0 radical (unpaired) electrons. The van der Waals surface area contributed by atoms with E-state index in [1.165, 1.54) is 9.47 Å². The summed E-state index contributed by atoms with van der Waals surface area (Å²) in [4.78, 5) is 42.2. The molecule has 0 saturated heterocycles. The number of fused-ring (bicyclic) bond motifs is 1. The molecule has 0 saturated carbocycles. The number of carbonyl (C=O) groups is 2.